The van der Waals surface area contributed by atoms with Crippen molar-refractivity contribution < 1.29 is 19.1 Å². The maximum Gasteiger partial charge on any atom is 0.257 e. The van der Waals surface area contributed by atoms with Gasteiger partial charge in [0.05, 0.1) is 7.11 Å². The van der Waals surface area contributed by atoms with Gasteiger partial charge in [0.15, 0.2) is 6.61 Å². The number of nitrogens with zero attached hydrogens (tertiary/aromatic N) is 1. The van der Waals surface area contributed by atoms with E-state index in [1.165, 1.54) is 17.9 Å². The van der Waals surface area contributed by atoms with E-state index in [1.807, 2.05) is 44.2 Å². The zero-order valence-corrected chi connectivity index (χ0v) is 24.7. The Morgan fingerprint density at radius 1 is 0.951 bits per heavy atom. The fourth-order valence-corrected chi connectivity index (χ4v) is 4.74. The number of aromatic amines is 1. The summed E-state index contributed by atoms with van der Waals surface area (Å²) >= 11 is 0. The zero-order valence-electron chi connectivity index (χ0n) is 24.7. The summed E-state index contributed by atoms with van der Waals surface area (Å²) < 4.78 is 11.2. The maximum atomic E-state index is 12.7. The summed E-state index contributed by atoms with van der Waals surface area (Å²) in [5.41, 5.74) is 4.13. The smallest absolute Gasteiger partial charge is 0.257 e. The highest BCUT2D eigenvalue weighted by Gasteiger charge is 2.18. The van der Waals surface area contributed by atoms with Gasteiger partial charge in [-0.25, -0.2) is 0 Å². The number of H-pyrrole nitrogens is 1. The van der Waals surface area contributed by atoms with Crippen molar-refractivity contribution in [2.24, 2.45) is 5.92 Å². The van der Waals surface area contributed by atoms with E-state index in [0.29, 0.717) is 18.0 Å². The van der Waals surface area contributed by atoms with Crippen LogP contribution in [0.15, 0.2) is 79.0 Å². The zero-order chi connectivity index (χ0) is 29.6. The van der Waals surface area contributed by atoms with Crippen molar-refractivity contribution >= 4 is 28.4 Å². The molecule has 4 rings (SSSR count). The average molecular weight is 559 g/mol. The van der Waals surface area contributed by atoms with Crippen LogP contribution in [0.5, 0.6) is 11.5 Å². The van der Waals surface area contributed by atoms with Crippen molar-refractivity contribution in [3.05, 3.63) is 90.1 Å². The molecule has 0 spiro atoms. The molecule has 3 aromatic carbocycles. The molecule has 0 aliphatic carbocycles. The Morgan fingerprint density at radius 3 is 2.39 bits per heavy atom. The second-order valence-corrected chi connectivity index (χ2v) is 9.74. The number of rotatable bonds is 13. The molecule has 1 heterocycles. The lowest BCUT2D eigenvalue weighted by Gasteiger charge is -2.25. The van der Waals surface area contributed by atoms with Crippen molar-refractivity contribution in [3.63, 3.8) is 0 Å². The van der Waals surface area contributed by atoms with Gasteiger partial charge in [-0.1, -0.05) is 50.2 Å². The molecule has 0 radical (unpaired) electrons. The van der Waals surface area contributed by atoms with E-state index in [9.17, 15) is 9.59 Å². The highest BCUT2D eigenvalue weighted by Crippen LogP contribution is 2.23. The number of ether oxygens (including phenoxy) is 2. The number of carbonyl (C=O) groups excluding carboxylic acids is 2. The summed E-state index contributed by atoms with van der Waals surface area (Å²) in [4.78, 5) is 29.5. The Kier molecular flexibility index (Phi) is 12.3. The first-order valence-electron chi connectivity index (χ1n) is 14.0. The first kappa shape index (κ1) is 31.2. The number of anilines is 1. The van der Waals surface area contributed by atoms with Gasteiger partial charge in [0.25, 0.3) is 5.91 Å². The Labute approximate surface area is 243 Å². The summed E-state index contributed by atoms with van der Waals surface area (Å²) in [6.07, 6.45) is 2.87. The van der Waals surface area contributed by atoms with Gasteiger partial charge in [-0.05, 0) is 61.3 Å². The van der Waals surface area contributed by atoms with E-state index in [2.05, 4.69) is 52.0 Å². The fraction of sp³-hybridized carbons (Fsp3) is 0.333. The third-order valence-corrected chi connectivity index (χ3v) is 6.52. The molecule has 0 aliphatic rings. The van der Waals surface area contributed by atoms with E-state index >= 15 is 0 Å². The molecule has 0 aliphatic heterocycles. The molecule has 8 nitrogen and oxygen atoms in total. The lowest BCUT2D eigenvalue weighted by Crippen LogP contribution is -2.38. The minimum atomic E-state index is -0.183. The molecule has 0 saturated heterocycles. The van der Waals surface area contributed by atoms with Crippen LogP contribution in [0, 0.1) is 5.92 Å². The van der Waals surface area contributed by atoms with Crippen molar-refractivity contribution in [1.82, 2.24) is 15.2 Å². The van der Waals surface area contributed by atoms with Crippen LogP contribution in [0.1, 0.15) is 31.9 Å². The molecule has 4 aromatic rings. The Hall–Kier alpha value is -4.30. The summed E-state index contributed by atoms with van der Waals surface area (Å²) in [5, 5.41) is 6.97. The van der Waals surface area contributed by atoms with Crippen molar-refractivity contribution in [2.75, 3.05) is 39.2 Å². The average Bonchev–Trinajstić information content (AvgIpc) is 3.39. The predicted molar refractivity (Wildman–Crippen MR) is 165 cm³/mol. The van der Waals surface area contributed by atoms with Crippen molar-refractivity contribution in [1.29, 1.82) is 0 Å². The van der Waals surface area contributed by atoms with Crippen LogP contribution in [-0.2, 0) is 22.6 Å². The molecule has 2 amide bonds. The number of aromatic nitrogens is 1. The van der Waals surface area contributed by atoms with Crippen LogP contribution in [0.3, 0.4) is 0 Å². The van der Waals surface area contributed by atoms with Crippen LogP contribution < -0.4 is 20.1 Å². The van der Waals surface area contributed by atoms with Gasteiger partial charge in [-0.15, -0.1) is 0 Å². The number of carbonyl (C=O) groups is 2. The Morgan fingerprint density at radius 2 is 1.66 bits per heavy atom. The van der Waals surface area contributed by atoms with E-state index in [0.717, 1.165) is 36.3 Å². The SMILES string of the molecule is CC.COc1ccccc1CN(C)CC(CNC(=O)COc1ccc(NC(C)=O)cc1)Cc1c[nH]c2ccccc12. The van der Waals surface area contributed by atoms with E-state index in [4.69, 9.17) is 9.47 Å². The molecule has 1 unspecified atom stereocenters. The van der Waals surface area contributed by atoms with Gasteiger partial charge >= 0.3 is 0 Å². The van der Waals surface area contributed by atoms with Crippen molar-refractivity contribution in [3.8, 4) is 11.5 Å². The van der Waals surface area contributed by atoms with Gasteiger partial charge in [0.2, 0.25) is 5.91 Å². The highest BCUT2D eigenvalue weighted by molar-refractivity contribution is 5.88. The molecule has 218 valence electrons. The Balaban J connectivity index is 0.00000226. The summed E-state index contributed by atoms with van der Waals surface area (Å²) in [7, 11) is 3.78. The van der Waals surface area contributed by atoms with E-state index < -0.39 is 0 Å². The number of hydrogen-bond acceptors (Lipinski definition) is 5. The largest absolute Gasteiger partial charge is 0.496 e. The molecule has 0 saturated carbocycles. The fourth-order valence-electron chi connectivity index (χ4n) is 4.74. The third-order valence-electron chi connectivity index (χ3n) is 6.52. The lowest BCUT2D eigenvalue weighted by molar-refractivity contribution is -0.123. The second-order valence-electron chi connectivity index (χ2n) is 9.74. The summed E-state index contributed by atoms with van der Waals surface area (Å²) in [6.45, 7) is 7.40. The second kappa shape index (κ2) is 16.1. The maximum absolute atomic E-state index is 12.7. The minimum Gasteiger partial charge on any atom is -0.496 e. The van der Waals surface area contributed by atoms with Gasteiger partial charge in [-0.2, -0.15) is 0 Å². The number of benzene rings is 3. The molecule has 0 bridgehead atoms. The molecule has 3 N–H and O–H groups in total. The highest BCUT2D eigenvalue weighted by atomic mass is 16.5. The number of amides is 2. The number of nitrogens with one attached hydrogen (secondary N) is 3. The Bertz CT molecular complexity index is 1380. The number of methoxy groups -OCH3 is 1. The number of para-hydroxylation sites is 2. The first-order chi connectivity index (χ1) is 19.9. The van der Waals surface area contributed by atoms with Crippen LogP contribution in [0.4, 0.5) is 5.69 Å². The van der Waals surface area contributed by atoms with Crippen molar-refractivity contribution in [2.45, 2.75) is 33.7 Å². The molecule has 0 fully saturated rings. The lowest BCUT2D eigenvalue weighted by atomic mass is 9.98. The topological polar surface area (TPSA) is 95.7 Å². The van der Waals surface area contributed by atoms with Crippen LogP contribution in [0.25, 0.3) is 10.9 Å². The standard InChI is InChI=1S/C31H36N4O4.C2H6/c1-22(36)34-26-12-14-27(15-13-26)39-21-31(37)33-17-23(16-25-18-32-29-10-6-5-9-28(25)29)19-35(2)20-24-8-4-7-11-30(24)38-3;1-2/h4-15,18,23,32H,16-17,19-21H2,1-3H3,(H,33,37)(H,34,36);1-2H3. The van der Waals surface area contributed by atoms with Gasteiger partial charge < -0.3 is 30.0 Å². The monoisotopic (exact) mass is 558 g/mol. The normalized spacial score (nSPS) is 11.4. The number of hydrogen-bond donors (Lipinski definition) is 3. The van der Waals surface area contributed by atoms with Crippen LogP contribution >= 0.6 is 0 Å². The third kappa shape index (κ3) is 9.69. The predicted octanol–water partition coefficient (Wildman–Crippen LogP) is 5.65. The van der Waals surface area contributed by atoms with Gasteiger partial charge in [-0.3, -0.25) is 9.59 Å². The molecule has 1 aromatic heterocycles. The van der Waals surface area contributed by atoms with Gasteiger partial charge in [0.1, 0.15) is 11.5 Å². The summed E-state index contributed by atoms with van der Waals surface area (Å²) in [5.74, 6) is 1.28. The molecular weight excluding hydrogens is 516 g/mol. The first-order valence-corrected chi connectivity index (χ1v) is 14.0. The quantitative estimate of drug-likeness (QED) is 0.197. The molecule has 1 atom stereocenters. The van der Waals surface area contributed by atoms with Crippen LogP contribution in [-0.4, -0.2) is 55.6 Å². The molecular formula is C33H42N4O4. The van der Waals surface area contributed by atoms with Crippen LogP contribution in [0.2, 0.25) is 0 Å². The molecule has 41 heavy (non-hydrogen) atoms. The molecule has 8 heteroatoms. The van der Waals surface area contributed by atoms with E-state index in [-0.39, 0.29) is 24.3 Å². The number of fused-ring (bicyclic) bond motifs is 1. The minimum absolute atomic E-state index is 0.0870. The van der Waals surface area contributed by atoms with Gasteiger partial charge in [0, 0.05) is 54.9 Å². The summed E-state index contributed by atoms with van der Waals surface area (Å²) in [6, 6.07) is 23.2. The van der Waals surface area contributed by atoms with E-state index in [1.54, 1.807) is 31.4 Å².